The normalized spacial score (nSPS) is 21.5. The molecule has 2 atom stereocenters. The molecule has 1 aliphatic rings. The smallest absolute Gasteiger partial charge is 0.266 e. The summed E-state index contributed by atoms with van der Waals surface area (Å²) >= 11 is 3.17. The number of carbonyl (C=O) groups excluding carboxylic acids is 1. The Balaban J connectivity index is 1.77. The molecule has 0 radical (unpaired) electrons. The number of methoxy groups -OCH3 is 1. The summed E-state index contributed by atoms with van der Waals surface area (Å²) in [6, 6.07) is 2.44. The SMILES string of the molecule is COCc1nc(C)c(C(=O)N2CC(c3ccsc3)CC2C)s1. The van der Waals surface area contributed by atoms with Gasteiger partial charge in [0.2, 0.25) is 0 Å². The van der Waals surface area contributed by atoms with E-state index in [-0.39, 0.29) is 11.9 Å². The number of amides is 1. The van der Waals surface area contributed by atoms with Gasteiger partial charge in [0.05, 0.1) is 12.3 Å². The Morgan fingerprint density at radius 3 is 3.05 bits per heavy atom. The number of hydrogen-bond acceptors (Lipinski definition) is 5. The quantitative estimate of drug-likeness (QED) is 0.855. The van der Waals surface area contributed by atoms with Crippen LogP contribution in [0.3, 0.4) is 0 Å². The zero-order valence-electron chi connectivity index (χ0n) is 13.0. The fourth-order valence-corrected chi connectivity index (χ4v) is 4.76. The predicted molar refractivity (Wildman–Crippen MR) is 89.7 cm³/mol. The number of likely N-dealkylation sites (tertiary alicyclic amines) is 1. The number of rotatable bonds is 4. The highest BCUT2D eigenvalue weighted by Gasteiger charge is 2.35. The molecule has 118 valence electrons. The lowest BCUT2D eigenvalue weighted by Gasteiger charge is -2.20. The second-order valence-corrected chi connectivity index (χ2v) is 7.61. The minimum atomic E-state index is 0.114. The zero-order chi connectivity index (χ0) is 15.7. The van der Waals surface area contributed by atoms with Crippen LogP contribution in [-0.4, -0.2) is 35.5 Å². The van der Waals surface area contributed by atoms with Crippen LogP contribution in [0, 0.1) is 6.92 Å². The molecule has 22 heavy (non-hydrogen) atoms. The number of thiophene rings is 1. The van der Waals surface area contributed by atoms with Gasteiger partial charge in [0.1, 0.15) is 9.88 Å². The molecule has 2 aromatic rings. The highest BCUT2D eigenvalue weighted by Crippen LogP contribution is 2.34. The van der Waals surface area contributed by atoms with Crippen molar-refractivity contribution in [2.24, 2.45) is 0 Å². The van der Waals surface area contributed by atoms with Crippen molar-refractivity contribution in [3.05, 3.63) is 38.0 Å². The number of nitrogens with zero attached hydrogens (tertiary/aromatic N) is 2. The fourth-order valence-electron chi connectivity index (χ4n) is 3.03. The fraction of sp³-hybridized carbons (Fsp3) is 0.500. The first-order valence-electron chi connectivity index (χ1n) is 7.38. The maximum atomic E-state index is 12.9. The van der Waals surface area contributed by atoms with E-state index in [4.69, 9.17) is 4.74 Å². The van der Waals surface area contributed by atoms with E-state index in [2.05, 4.69) is 28.7 Å². The third kappa shape index (κ3) is 2.95. The van der Waals surface area contributed by atoms with E-state index in [1.807, 2.05) is 11.8 Å². The molecule has 3 rings (SSSR count). The maximum Gasteiger partial charge on any atom is 0.266 e. The molecule has 0 saturated carbocycles. The molecule has 4 nitrogen and oxygen atoms in total. The second kappa shape index (κ2) is 6.48. The van der Waals surface area contributed by atoms with Crippen molar-refractivity contribution in [1.29, 1.82) is 0 Å². The van der Waals surface area contributed by atoms with Crippen LogP contribution >= 0.6 is 22.7 Å². The van der Waals surface area contributed by atoms with Gasteiger partial charge in [-0.25, -0.2) is 4.98 Å². The van der Waals surface area contributed by atoms with Crippen molar-refractivity contribution >= 4 is 28.6 Å². The molecule has 2 unspecified atom stereocenters. The summed E-state index contributed by atoms with van der Waals surface area (Å²) in [7, 11) is 1.65. The summed E-state index contributed by atoms with van der Waals surface area (Å²) < 4.78 is 5.11. The van der Waals surface area contributed by atoms with E-state index in [0.29, 0.717) is 12.5 Å². The number of ether oxygens (including phenoxy) is 1. The topological polar surface area (TPSA) is 42.4 Å². The molecule has 6 heteroatoms. The van der Waals surface area contributed by atoms with E-state index in [1.165, 1.54) is 16.9 Å². The van der Waals surface area contributed by atoms with Crippen molar-refractivity contribution in [1.82, 2.24) is 9.88 Å². The second-order valence-electron chi connectivity index (χ2n) is 5.75. The minimum Gasteiger partial charge on any atom is -0.378 e. The first-order chi connectivity index (χ1) is 10.6. The first-order valence-corrected chi connectivity index (χ1v) is 9.14. The van der Waals surface area contributed by atoms with Gasteiger partial charge >= 0.3 is 0 Å². The van der Waals surface area contributed by atoms with Gasteiger partial charge in [-0.2, -0.15) is 11.3 Å². The number of aryl methyl sites for hydroxylation is 1. The van der Waals surface area contributed by atoms with E-state index < -0.39 is 0 Å². The van der Waals surface area contributed by atoms with Crippen molar-refractivity contribution in [3.8, 4) is 0 Å². The van der Waals surface area contributed by atoms with Crippen LogP contribution in [0.4, 0.5) is 0 Å². The Morgan fingerprint density at radius 1 is 1.55 bits per heavy atom. The molecular formula is C16H20N2O2S2. The third-order valence-corrected chi connectivity index (χ3v) is 5.97. The van der Waals surface area contributed by atoms with Crippen LogP contribution in [0.1, 0.15) is 45.2 Å². The van der Waals surface area contributed by atoms with Crippen LogP contribution in [0.5, 0.6) is 0 Å². The molecule has 1 fully saturated rings. The largest absolute Gasteiger partial charge is 0.378 e. The van der Waals surface area contributed by atoms with Crippen LogP contribution in [-0.2, 0) is 11.3 Å². The van der Waals surface area contributed by atoms with Crippen LogP contribution in [0.2, 0.25) is 0 Å². The van der Waals surface area contributed by atoms with E-state index >= 15 is 0 Å². The molecular weight excluding hydrogens is 316 g/mol. The van der Waals surface area contributed by atoms with Gasteiger partial charge in [-0.15, -0.1) is 11.3 Å². The summed E-state index contributed by atoms with van der Waals surface area (Å²) in [5, 5.41) is 5.17. The Morgan fingerprint density at radius 2 is 2.36 bits per heavy atom. The lowest BCUT2D eigenvalue weighted by atomic mass is 10.00. The average Bonchev–Trinajstić information content (AvgIpc) is 3.18. The van der Waals surface area contributed by atoms with E-state index in [9.17, 15) is 4.79 Å². The molecule has 0 aliphatic carbocycles. The molecule has 0 spiro atoms. The molecule has 1 saturated heterocycles. The summed E-state index contributed by atoms with van der Waals surface area (Å²) in [6.45, 7) is 5.30. The van der Waals surface area contributed by atoms with Crippen LogP contribution < -0.4 is 0 Å². The van der Waals surface area contributed by atoms with Gasteiger partial charge in [0.15, 0.2) is 0 Å². The highest BCUT2D eigenvalue weighted by molar-refractivity contribution is 7.13. The molecule has 0 bridgehead atoms. The Labute approximate surface area is 138 Å². The molecule has 1 aliphatic heterocycles. The number of aromatic nitrogens is 1. The van der Waals surface area contributed by atoms with Crippen molar-refractivity contribution in [2.45, 2.75) is 38.8 Å². The monoisotopic (exact) mass is 336 g/mol. The summed E-state index contributed by atoms with van der Waals surface area (Å²) in [6.07, 6.45) is 1.03. The molecule has 1 amide bonds. The Bertz CT molecular complexity index is 651. The van der Waals surface area contributed by atoms with Crippen molar-refractivity contribution in [3.63, 3.8) is 0 Å². The van der Waals surface area contributed by atoms with Crippen molar-refractivity contribution < 1.29 is 9.53 Å². The number of carbonyl (C=O) groups is 1. The highest BCUT2D eigenvalue weighted by atomic mass is 32.1. The lowest BCUT2D eigenvalue weighted by Crippen LogP contribution is -2.33. The molecule has 0 aromatic carbocycles. The Hall–Kier alpha value is -1.24. The third-order valence-electron chi connectivity index (χ3n) is 4.15. The first kappa shape index (κ1) is 15.6. The van der Waals surface area contributed by atoms with Gasteiger partial charge in [-0.05, 0) is 42.7 Å². The van der Waals surface area contributed by atoms with Crippen molar-refractivity contribution in [2.75, 3.05) is 13.7 Å². The molecule has 3 heterocycles. The van der Waals surface area contributed by atoms with Gasteiger partial charge in [0, 0.05) is 25.6 Å². The van der Waals surface area contributed by atoms with E-state index in [0.717, 1.165) is 28.5 Å². The summed E-state index contributed by atoms with van der Waals surface area (Å²) in [5.74, 6) is 0.569. The van der Waals surface area contributed by atoms with Crippen LogP contribution in [0.15, 0.2) is 16.8 Å². The van der Waals surface area contributed by atoms with E-state index in [1.54, 1.807) is 18.4 Å². The zero-order valence-corrected chi connectivity index (χ0v) is 14.7. The van der Waals surface area contributed by atoms with Gasteiger partial charge in [0.25, 0.3) is 5.91 Å². The predicted octanol–water partition coefficient (Wildman–Crippen LogP) is 3.68. The minimum absolute atomic E-state index is 0.114. The number of thiazole rings is 1. The molecule has 2 aromatic heterocycles. The number of hydrogen-bond donors (Lipinski definition) is 0. The maximum absolute atomic E-state index is 12.9. The van der Waals surface area contributed by atoms with Gasteiger partial charge in [-0.3, -0.25) is 4.79 Å². The lowest BCUT2D eigenvalue weighted by molar-refractivity contribution is 0.0750. The van der Waals surface area contributed by atoms with Gasteiger partial charge in [-0.1, -0.05) is 0 Å². The Kier molecular flexibility index (Phi) is 4.61. The van der Waals surface area contributed by atoms with Gasteiger partial charge < -0.3 is 9.64 Å². The summed E-state index contributed by atoms with van der Waals surface area (Å²) in [5.41, 5.74) is 2.17. The molecule has 0 N–H and O–H groups in total. The summed E-state index contributed by atoms with van der Waals surface area (Å²) in [4.78, 5) is 20.1. The average molecular weight is 336 g/mol. The van der Waals surface area contributed by atoms with Crippen LogP contribution in [0.25, 0.3) is 0 Å². The standard InChI is InChI=1S/C16H20N2O2S2/c1-10-6-13(12-4-5-21-9-12)7-18(10)16(19)15-11(2)17-14(22-15)8-20-3/h4-5,9-10,13H,6-8H2,1-3H3.